The Hall–Kier alpha value is -3.33. The quantitative estimate of drug-likeness (QED) is 0.594. The molecule has 2 heterocycles. The molecule has 3 rings (SSSR count). The molecule has 1 saturated heterocycles. The highest BCUT2D eigenvalue weighted by Gasteiger charge is 2.24. The lowest BCUT2D eigenvalue weighted by Crippen LogP contribution is -2.36. The molecule has 2 aromatic rings. The molecule has 1 amide bonds. The summed E-state index contributed by atoms with van der Waals surface area (Å²) < 4.78 is 0. The lowest BCUT2D eigenvalue weighted by Gasteiger charge is -2.22. The summed E-state index contributed by atoms with van der Waals surface area (Å²) in [5, 5.41) is 12.6. The molecule has 1 aromatic heterocycles. The second-order valence-electron chi connectivity index (χ2n) is 6.78. The average Bonchev–Trinajstić information content (AvgIpc) is 2.94. The molecule has 1 fully saturated rings. The van der Waals surface area contributed by atoms with Gasteiger partial charge in [0.1, 0.15) is 0 Å². The Kier molecular flexibility index (Phi) is 6.50. The Morgan fingerprint density at radius 1 is 1.17 bits per heavy atom. The maximum Gasteiger partial charge on any atom is 0.256 e. The summed E-state index contributed by atoms with van der Waals surface area (Å²) in [7, 11) is 0. The number of rotatable bonds is 5. The summed E-state index contributed by atoms with van der Waals surface area (Å²) in [6, 6.07) is 7.46. The van der Waals surface area contributed by atoms with E-state index in [1.165, 1.54) is 6.21 Å². The number of amides is 1. The number of aryl methyl sites for hydroxylation is 3. The van der Waals surface area contributed by atoms with Gasteiger partial charge in [0.2, 0.25) is 5.95 Å². The topological polar surface area (TPSA) is 107 Å². The normalized spacial score (nSPS) is 14.7. The smallest absolute Gasteiger partial charge is 0.256 e. The minimum absolute atomic E-state index is 0.104. The van der Waals surface area contributed by atoms with E-state index in [0.717, 1.165) is 23.2 Å². The van der Waals surface area contributed by atoms with Gasteiger partial charge in [0.05, 0.1) is 30.6 Å². The number of nitrogens with one attached hydrogen (secondary N) is 2. The molecule has 0 unspecified atom stereocenters. The van der Waals surface area contributed by atoms with Crippen molar-refractivity contribution in [2.24, 2.45) is 5.10 Å². The van der Waals surface area contributed by atoms with Crippen molar-refractivity contribution in [3.8, 4) is 0 Å². The van der Waals surface area contributed by atoms with E-state index in [1.54, 1.807) is 9.96 Å². The van der Waals surface area contributed by atoms with Crippen LogP contribution in [0.5, 0.6) is 0 Å². The SMILES string of the molecule is Cc1ccc(N/N=C\C=N)c(C(=O)N2CCON(c3nc(C)cc(C)n3)CC2)c1. The van der Waals surface area contributed by atoms with E-state index in [2.05, 4.69) is 20.5 Å². The van der Waals surface area contributed by atoms with Crippen LogP contribution in [0.1, 0.15) is 27.3 Å². The summed E-state index contributed by atoms with van der Waals surface area (Å²) in [6.45, 7) is 7.52. The van der Waals surface area contributed by atoms with Gasteiger partial charge in [-0.1, -0.05) is 11.6 Å². The van der Waals surface area contributed by atoms with Crippen molar-refractivity contribution < 1.29 is 9.63 Å². The number of hydrazone groups is 1. The number of hydrogen-bond donors (Lipinski definition) is 2. The Bertz CT molecular complexity index is 909. The van der Waals surface area contributed by atoms with Gasteiger partial charge in [0.25, 0.3) is 5.91 Å². The van der Waals surface area contributed by atoms with E-state index >= 15 is 0 Å². The summed E-state index contributed by atoms with van der Waals surface area (Å²) in [6.07, 6.45) is 2.38. The zero-order valence-electron chi connectivity index (χ0n) is 16.8. The van der Waals surface area contributed by atoms with Crippen LogP contribution in [0.4, 0.5) is 11.6 Å². The Balaban J connectivity index is 1.76. The zero-order valence-corrected chi connectivity index (χ0v) is 16.8. The molecule has 0 spiro atoms. The highest BCUT2D eigenvalue weighted by molar-refractivity contribution is 6.14. The third kappa shape index (κ3) is 5.14. The minimum atomic E-state index is -0.104. The zero-order chi connectivity index (χ0) is 20.8. The molecule has 1 aliphatic heterocycles. The molecule has 0 bridgehead atoms. The Morgan fingerprint density at radius 3 is 2.66 bits per heavy atom. The lowest BCUT2D eigenvalue weighted by atomic mass is 10.1. The molecule has 2 N–H and O–H groups in total. The molecule has 0 saturated carbocycles. The summed E-state index contributed by atoms with van der Waals surface area (Å²) in [5.41, 5.74) is 6.68. The number of benzene rings is 1. The Morgan fingerprint density at radius 2 is 1.93 bits per heavy atom. The van der Waals surface area contributed by atoms with Gasteiger partial charge in [-0.15, -0.1) is 0 Å². The number of anilines is 2. The monoisotopic (exact) mass is 395 g/mol. The van der Waals surface area contributed by atoms with Crippen LogP contribution < -0.4 is 10.5 Å². The number of carbonyl (C=O) groups excluding carboxylic acids is 1. The van der Waals surface area contributed by atoms with Crippen molar-refractivity contribution >= 4 is 30.0 Å². The molecule has 9 heteroatoms. The molecule has 1 aromatic carbocycles. The maximum absolute atomic E-state index is 13.2. The van der Waals surface area contributed by atoms with E-state index < -0.39 is 0 Å². The van der Waals surface area contributed by atoms with Crippen LogP contribution in [0, 0.1) is 26.2 Å². The van der Waals surface area contributed by atoms with Crippen LogP contribution in [0.2, 0.25) is 0 Å². The van der Waals surface area contributed by atoms with Gasteiger partial charge in [-0.3, -0.25) is 15.1 Å². The van der Waals surface area contributed by atoms with Crippen molar-refractivity contribution in [2.75, 3.05) is 36.7 Å². The van der Waals surface area contributed by atoms with Crippen molar-refractivity contribution in [1.82, 2.24) is 14.9 Å². The van der Waals surface area contributed by atoms with Crippen LogP contribution >= 0.6 is 0 Å². The molecule has 152 valence electrons. The van der Waals surface area contributed by atoms with Gasteiger partial charge in [0, 0.05) is 30.7 Å². The van der Waals surface area contributed by atoms with Gasteiger partial charge >= 0.3 is 0 Å². The van der Waals surface area contributed by atoms with Crippen LogP contribution in [-0.2, 0) is 4.84 Å². The lowest BCUT2D eigenvalue weighted by molar-refractivity contribution is 0.0730. The first-order valence-electron chi connectivity index (χ1n) is 9.38. The second-order valence-corrected chi connectivity index (χ2v) is 6.78. The van der Waals surface area contributed by atoms with Crippen LogP contribution in [0.25, 0.3) is 0 Å². The molecule has 0 atom stereocenters. The fourth-order valence-corrected chi connectivity index (χ4v) is 3.08. The van der Waals surface area contributed by atoms with Gasteiger partial charge in [0.15, 0.2) is 0 Å². The molecule has 0 radical (unpaired) electrons. The fraction of sp³-hybridized carbons (Fsp3) is 0.350. The first kappa shape index (κ1) is 20.4. The highest BCUT2D eigenvalue weighted by atomic mass is 16.7. The van der Waals surface area contributed by atoms with Crippen LogP contribution in [0.15, 0.2) is 29.4 Å². The molecule has 9 nitrogen and oxygen atoms in total. The van der Waals surface area contributed by atoms with E-state index in [4.69, 9.17) is 10.2 Å². The number of nitrogens with zero attached hydrogens (tertiary/aromatic N) is 5. The highest BCUT2D eigenvalue weighted by Crippen LogP contribution is 2.21. The maximum atomic E-state index is 13.2. The summed E-state index contributed by atoms with van der Waals surface area (Å²) in [5.74, 6) is 0.406. The van der Waals surface area contributed by atoms with Crippen LogP contribution in [-0.4, -0.2) is 59.4 Å². The standard InChI is InChI=1S/C20H25N7O2/c1-14-4-5-18(25-22-7-6-21)17(12-14)19(28)26-8-9-27(29-11-10-26)20-23-15(2)13-16(3)24-20/h4-7,12-13,21,25H,8-11H2,1-3H3/b21-6?,22-7-. The largest absolute Gasteiger partial charge is 0.334 e. The summed E-state index contributed by atoms with van der Waals surface area (Å²) >= 11 is 0. The predicted octanol–water partition coefficient (Wildman–Crippen LogP) is 2.34. The van der Waals surface area contributed by atoms with Gasteiger partial charge in [-0.05, 0) is 39.0 Å². The number of hydrogen-bond acceptors (Lipinski definition) is 8. The van der Waals surface area contributed by atoms with Gasteiger partial charge < -0.3 is 10.3 Å². The van der Waals surface area contributed by atoms with Crippen molar-refractivity contribution in [3.63, 3.8) is 0 Å². The fourth-order valence-electron chi connectivity index (χ4n) is 3.08. The van der Waals surface area contributed by atoms with Crippen LogP contribution in [0.3, 0.4) is 0 Å². The van der Waals surface area contributed by atoms with Crippen molar-refractivity contribution in [3.05, 3.63) is 46.8 Å². The van der Waals surface area contributed by atoms with E-state index in [9.17, 15) is 4.79 Å². The molecular formula is C20H25N7O2. The number of carbonyl (C=O) groups is 1. The third-order valence-electron chi connectivity index (χ3n) is 4.40. The van der Waals surface area contributed by atoms with E-state index in [1.807, 2.05) is 45.0 Å². The van der Waals surface area contributed by atoms with Crippen molar-refractivity contribution in [1.29, 1.82) is 5.41 Å². The molecular weight excluding hydrogens is 370 g/mol. The van der Waals surface area contributed by atoms with Gasteiger partial charge in [-0.25, -0.2) is 15.0 Å². The molecule has 1 aliphatic rings. The van der Waals surface area contributed by atoms with E-state index in [-0.39, 0.29) is 5.91 Å². The van der Waals surface area contributed by atoms with Gasteiger partial charge in [-0.2, -0.15) is 5.10 Å². The summed E-state index contributed by atoms with van der Waals surface area (Å²) in [4.78, 5) is 29.6. The van der Waals surface area contributed by atoms with E-state index in [0.29, 0.717) is 43.4 Å². The second kappa shape index (κ2) is 9.24. The first-order chi connectivity index (χ1) is 14.0. The average molecular weight is 395 g/mol. The number of hydroxylamine groups is 1. The number of aromatic nitrogens is 2. The molecule has 0 aliphatic carbocycles. The molecule has 29 heavy (non-hydrogen) atoms. The Labute approximate surface area is 169 Å². The first-order valence-corrected chi connectivity index (χ1v) is 9.38. The minimum Gasteiger partial charge on any atom is -0.334 e. The predicted molar refractivity (Wildman–Crippen MR) is 113 cm³/mol. The van der Waals surface area contributed by atoms with Crippen molar-refractivity contribution in [2.45, 2.75) is 20.8 Å². The third-order valence-corrected chi connectivity index (χ3v) is 4.40.